The van der Waals surface area contributed by atoms with Crippen LogP contribution in [-0.2, 0) is 13.5 Å². The summed E-state index contributed by atoms with van der Waals surface area (Å²) in [5.74, 6) is -0.0413. The van der Waals surface area contributed by atoms with E-state index in [1.165, 1.54) is 29.4 Å². The van der Waals surface area contributed by atoms with E-state index in [0.29, 0.717) is 0 Å². The summed E-state index contributed by atoms with van der Waals surface area (Å²) < 4.78 is 1.17. The molecule has 0 saturated heterocycles. The second-order valence-corrected chi connectivity index (χ2v) is 6.37. The number of nitrogens with zero attached hydrogens (tertiary/aromatic N) is 2. The first-order chi connectivity index (χ1) is 11.4. The Bertz CT molecular complexity index is 748. The molecule has 0 fully saturated rings. The number of amides is 1. The summed E-state index contributed by atoms with van der Waals surface area (Å²) in [5, 5.41) is 7.04. The lowest BCUT2D eigenvalue weighted by atomic mass is 9.94. The first-order valence-corrected chi connectivity index (χ1v) is 8.36. The number of hydrogen-bond acceptors (Lipinski definition) is 3. The highest BCUT2D eigenvalue weighted by Gasteiger charge is 2.20. The van der Waals surface area contributed by atoms with Crippen molar-refractivity contribution in [1.82, 2.24) is 15.1 Å². The van der Waals surface area contributed by atoms with Gasteiger partial charge in [-0.2, -0.15) is 5.10 Å². The Morgan fingerprint density at radius 1 is 1.17 bits per heavy atom. The zero-order chi connectivity index (χ0) is 17.7. The summed E-state index contributed by atoms with van der Waals surface area (Å²) >= 11 is 0. The molecule has 1 atom stereocenters. The molecule has 0 radical (unpaired) electrons. The van der Waals surface area contributed by atoms with Crippen molar-refractivity contribution in [1.29, 1.82) is 0 Å². The largest absolute Gasteiger partial charge is 0.344 e. The fraction of sp³-hybridized carbons (Fsp3) is 0.421. The summed E-state index contributed by atoms with van der Waals surface area (Å²) in [4.78, 5) is 23.9. The molecule has 1 aromatic carbocycles. The van der Waals surface area contributed by atoms with Gasteiger partial charge in [-0.25, -0.2) is 4.68 Å². The van der Waals surface area contributed by atoms with E-state index in [1.54, 1.807) is 0 Å². The Kier molecular flexibility index (Phi) is 5.90. The van der Waals surface area contributed by atoms with Gasteiger partial charge in [-0.1, -0.05) is 51.5 Å². The number of benzene rings is 1. The van der Waals surface area contributed by atoms with E-state index in [1.807, 2.05) is 0 Å². The molecular weight excluding hydrogens is 302 g/mol. The molecule has 5 heteroatoms. The zero-order valence-electron chi connectivity index (χ0n) is 14.7. The molecule has 1 heterocycles. The highest BCUT2D eigenvalue weighted by atomic mass is 16.2. The Hall–Kier alpha value is -2.43. The van der Waals surface area contributed by atoms with Gasteiger partial charge in [0.1, 0.15) is 5.69 Å². The third-order valence-electron chi connectivity index (χ3n) is 4.02. The molecule has 0 bridgehead atoms. The van der Waals surface area contributed by atoms with Gasteiger partial charge in [0.15, 0.2) is 0 Å². The van der Waals surface area contributed by atoms with Crippen LogP contribution in [0.4, 0.5) is 0 Å². The van der Waals surface area contributed by atoms with Gasteiger partial charge in [-0.15, -0.1) is 0 Å². The van der Waals surface area contributed by atoms with Crippen LogP contribution in [0, 0.1) is 5.92 Å². The van der Waals surface area contributed by atoms with E-state index in [9.17, 15) is 9.59 Å². The Labute approximate surface area is 142 Å². The van der Waals surface area contributed by atoms with Crippen molar-refractivity contribution in [3.05, 3.63) is 63.6 Å². The normalized spacial score (nSPS) is 12.2. The van der Waals surface area contributed by atoms with E-state index in [0.717, 1.165) is 18.4 Å². The molecule has 0 unspecified atom stereocenters. The highest BCUT2D eigenvalue weighted by Crippen LogP contribution is 2.22. The maximum absolute atomic E-state index is 12.5. The molecule has 2 aromatic rings. The maximum atomic E-state index is 12.5. The summed E-state index contributed by atoms with van der Waals surface area (Å²) in [6, 6.07) is 11.1. The molecule has 5 nitrogen and oxygen atoms in total. The molecule has 128 valence electrons. The topological polar surface area (TPSA) is 64.0 Å². The molecular formula is C19H25N3O2. The summed E-state index contributed by atoms with van der Waals surface area (Å²) in [6.07, 6.45) is 2.17. The molecule has 0 aliphatic carbocycles. The summed E-state index contributed by atoms with van der Waals surface area (Å²) in [6.45, 7) is 6.30. The van der Waals surface area contributed by atoms with Crippen LogP contribution in [0.2, 0.25) is 0 Å². The van der Waals surface area contributed by atoms with Crippen LogP contribution in [0.25, 0.3) is 0 Å². The Balaban J connectivity index is 2.19. The van der Waals surface area contributed by atoms with Crippen molar-refractivity contribution < 1.29 is 4.79 Å². The number of rotatable bonds is 6. The van der Waals surface area contributed by atoms with Crippen LogP contribution >= 0.6 is 0 Å². The quantitative estimate of drug-likeness (QED) is 0.887. The third kappa shape index (κ3) is 4.31. The zero-order valence-corrected chi connectivity index (χ0v) is 14.7. The lowest BCUT2D eigenvalue weighted by molar-refractivity contribution is 0.0918. The standard InChI is InChI=1S/C19H25N3O2/c1-5-6-14-7-9-15(10-8-14)18(13(2)3)20-19(24)16-11-12-17(23)22(4)21-16/h7-13,18H,5-6H2,1-4H3,(H,20,24)/t18-/m1/s1. The van der Waals surface area contributed by atoms with E-state index in [4.69, 9.17) is 0 Å². The van der Waals surface area contributed by atoms with Crippen molar-refractivity contribution in [2.75, 3.05) is 0 Å². The summed E-state index contributed by atoms with van der Waals surface area (Å²) in [7, 11) is 1.53. The summed E-state index contributed by atoms with van der Waals surface area (Å²) in [5.41, 5.74) is 2.38. The predicted octanol–water partition coefficient (Wildman–Crippen LogP) is 2.86. The van der Waals surface area contributed by atoms with Crippen molar-refractivity contribution in [3.8, 4) is 0 Å². The SMILES string of the molecule is CCCc1ccc([C@H](NC(=O)c2ccc(=O)n(C)n2)C(C)C)cc1. The minimum Gasteiger partial charge on any atom is -0.344 e. The van der Waals surface area contributed by atoms with Crippen molar-refractivity contribution >= 4 is 5.91 Å². The van der Waals surface area contributed by atoms with Gasteiger partial charge in [-0.3, -0.25) is 9.59 Å². The lowest BCUT2D eigenvalue weighted by Crippen LogP contribution is -2.33. The Morgan fingerprint density at radius 2 is 1.83 bits per heavy atom. The Morgan fingerprint density at radius 3 is 2.38 bits per heavy atom. The molecule has 1 aromatic heterocycles. The molecule has 1 amide bonds. The van der Waals surface area contributed by atoms with E-state index in [2.05, 4.69) is 55.5 Å². The van der Waals surface area contributed by atoms with Gasteiger partial charge in [0.25, 0.3) is 11.5 Å². The molecule has 0 aliphatic heterocycles. The smallest absolute Gasteiger partial charge is 0.272 e. The first kappa shape index (κ1) is 17.9. The minimum absolute atomic E-state index is 0.104. The lowest BCUT2D eigenvalue weighted by Gasteiger charge is -2.23. The number of aromatic nitrogens is 2. The number of aryl methyl sites for hydroxylation is 2. The maximum Gasteiger partial charge on any atom is 0.272 e. The average molecular weight is 327 g/mol. The van der Waals surface area contributed by atoms with Gasteiger partial charge in [0.2, 0.25) is 0 Å². The molecule has 24 heavy (non-hydrogen) atoms. The number of hydrogen-bond donors (Lipinski definition) is 1. The second-order valence-electron chi connectivity index (χ2n) is 6.37. The van der Waals surface area contributed by atoms with Crippen molar-refractivity contribution in [3.63, 3.8) is 0 Å². The minimum atomic E-state index is -0.276. The fourth-order valence-corrected chi connectivity index (χ4v) is 2.65. The molecule has 2 rings (SSSR count). The average Bonchev–Trinajstić information content (AvgIpc) is 2.56. The van der Waals surface area contributed by atoms with Crippen LogP contribution in [0.3, 0.4) is 0 Å². The number of carbonyl (C=O) groups excluding carboxylic acids is 1. The van der Waals surface area contributed by atoms with E-state index in [-0.39, 0.29) is 29.1 Å². The highest BCUT2D eigenvalue weighted by molar-refractivity contribution is 5.92. The molecule has 0 aliphatic rings. The number of carbonyl (C=O) groups is 1. The van der Waals surface area contributed by atoms with Crippen LogP contribution < -0.4 is 10.9 Å². The van der Waals surface area contributed by atoms with Crippen LogP contribution in [0.1, 0.15) is 54.8 Å². The fourth-order valence-electron chi connectivity index (χ4n) is 2.65. The molecule has 0 spiro atoms. The third-order valence-corrected chi connectivity index (χ3v) is 4.02. The molecule has 0 saturated carbocycles. The predicted molar refractivity (Wildman–Crippen MR) is 95.0 cm³/mol. The van der Waals surface area contributed by atoms with Gasteiger partial charge in [-0.05, 0) is 29.5 Å². The molecule has 1 N–H and O–H groups in total. The monoisotopic (exact) mass is 327 g/mol. The van der Waals surface area contributed by atoms with E-state index >= 15 is 0 Å². The first-order valence-electron chi connectivity index (χ1n) is 8.36. The van der Waals surface area contributed by atoms with Crippen LogP contribution in [-0.4, -0.2) is 15.7 Å². The van der Waals surface area contributed by atoms with E-state index < -0.39 is 0 Å². The number of nitrogens with one attached hydrogen (secondary N) is 1. The van der Waals surface area contributed by atoms with Crippen molar-refractivity contribution in [2.45, 2.75) is 39.7 Å². The second kappa shape index (κ2) is 7.90. The van der Waals surface area contributed by atoms with Gasteiger partial charge in [0, 0.05) is 13.1 Å². The van der Waals surface area contributed by atoms with Crippen LogP contribution in [0.5, 0.6) is 0 Å². The van der Waals surface area contributed by atoms with Gasteiger partial charge < -0.3 is 5.32 Å². The van der Waals surface area contributed by atoms with Crippen molar-refractivity contribution in [2.24, 2.45) is 13.0 Å². The van der Waals surface area contributed by atoms with Gasteiger partial charge in [0.05, 0.1) is 6.04 Å². The van der Waals surface area contributed by atoms with Gasteiger partial charge >= 0.3 is 0 Å². The van der Waals surface area contributed by atoms with Crippen LogP contribution in [0.15, 0.2) is 41.2 Å².